The number of rotatable bonds is 8. The molecule has 1 aromatic heterocycles. The third-order valence-corrected chi connectivity index (χ3v) is 4.62. The molecule has 6 heteroatoms. The van der Waals surface area contributed by atoms with E-state index in [2.05, 4.69) is 16.5 Å². The van der Waals surface area contributed by atoms with Crippen molar-refractivity contribution >= 4 is 17.5 Å². The molecule has 2 aromatic carbocycles. The fourth-order valence-electron chi connectivity index (χ4n) is 2.88. The van der Waals surface area contributed by atoms with Crippen molar-refractivity contribution in [2.24, 2.45) is 0 Å². The molecule has 1 amide bonds. The van der Waals surface area contributed by atoms with Crippen LogP contribution < -0.4 is 10.1 Å². The predicted molar refractivity (Wildman–Crippen MR) is 111 cm³/mol. The fourth-order valence-corrected chi connectivity index (χ4v) is 3.01. The van der Waals surface area contributed by atoms with Crippen LogP contribution >= 0.6 is 11.6 Å². The summed E-state index contributed by atoms with van der Waals surface area (Å²) >= 11 is 5.86. The van der Waals surface area contributed by atoms with Crippen LogP contribution in [-0.2, 0) is 13.2 Å². The lowest BCUT2D eigenvalue weighted by atomic mass is 10.1. The zero-order valence-electron chi connectivity index (χ0n) is 16.1. The maximum Gasteiger partial charge on any atom is 0.251 e. The Morgan fingerprint density at radius 1 is 1.11 bits per heavy atom. The van der Waals surface area contributed by atoms with Gasteiger partial charge in [-0.25, -0.2) is 0 Å². The van der Waals surface area contributed by atoms with E-state index in [-0.39, 0.29) is 5.91 Å². The van der Waals surface area contributed by atoms with E-state index in [4.69, 9.17) is 16.3 Å². The third kappa shape index (κ3) is 5.60. The maximum atomic E-state index is 12.3. The summed E-state index contributed by atoms with van der Waals surface area (Å²) < 4.78 is 7.68. The number of aryl methyl sites for hydroxylation is 3. The molecule has 3 rings (SSSR count). The van der Waals surface area contributed by atoms with E-state index in [1.54, 1.807) is 12.1 Å². The van der Waals surface area contributed by atoms with Crippen LogP contribution in [0, 0.1) is 13.8 Å². The number of amides is 1. The number of halogens is 1. The van der Waals surface area contributed by atoms with Crippen LogP contribution in [0.1, 0.15) is 33.7 Å². The number of ether oxygens (including phenoxy) is 1. The van der Waals surface area contributed by atoms with E-state index in [9.17, 15) is 4.79 Å². The molecule has 3 aromatic rings. The van der Waals surface area contributed by atoms with Crippen LogP contribution in [0.2, 0.25) is 5.02 Å². The van der Waals surface area contributed by atoms with E-state index >= 15 is 0 Å². The van der Waals surface area contributed by atoms with Crippen molar-refractivity contribution in [3.8, 4) is 5.75 Å². The van der Waals surface area contributed by atoms with Crippen LogP contribution in [-0.4, -0.2) is 22.2 Å². The number of hydrogen-bond donors (Lipinski definition) is 1. The summed E-state index contributed by atoms with van der Waals surface area (Å²) in [5.74, 6) is 0.687. The largest absolute Gasteiger partial charge is 0.489 e. The van der Waals surface area contributed by atoms with Gasteiger partial charge in [0, 0.05) is 29.4 Å². The topological polar surface area (TPSA) is 56.2 Å². The van der Waals surface area contributed by atoms with Crippen molar-refractivity contribution in [1.82, 2.24) is 15.1 Å². The number of aromatic nitrogens is 2. The first kappa shape index (κ1) is 20.0. The molecular formula is C22H24ClN3O2. The Labute approximate surface area is 170 Å². The Morgan fingerprint density at radius 2 is 1.82 bits per heavy atom. The van der Waals surface area contributed by atoms with Crippen molar-refractivity contribution in [2.75, 3.05) is 6.54 Å². The van der Waals surface area contributed by atoms with E-state index < -0.39 is 0 Å². The van der Waals surface area contributed by atoms with Crippen LogP contribution in [0.15, 0.2) is 54.6 Å². The summed E-state index contributed by atoms with van der Waals surface area (Å²) in [6.07, 6.45) is 0.834. The fraction of sp³-hybridized carbons (Fsp3) is 0.273. The molecule has 0 aliphatic carbocycles. The molecule has 0 unspecified atom stereocenters. The lowest BCUT2D eigenvalue weighted by Crippen LogP contribution is -2.25. The van der Waals surface area contributed by atoms with Gasteiger partial charge in [0.15, 0.2) is 0 Å². The average molecular weight is 398 g/mol. The monoisotopic (exact) mass is 397 g/mol. The first-order valence-corrected chi connectivity index (χ1v) is 9.65. The average Bonchev–Trinajstić information content (AvgIpc) is 3.02. The molecule has 0 saturated carbocycles. The molecule has 1 heterocycles. The first-order valence-electron chi connectivity index (χ1n) is 9.28. The van der Waals surface area contributed by atoms with Gasteiger partial charge in [0.25, 0.3) is 5.91 Å². The third-order valence-electron chi connectivity index (χ3n) is 4.37. The molecule has 5 nitrogen and oxygen atoms in total. The second-order valence-corrected chi connectivity index (χ2v) is 7.14. The summed E-state index contributed by atoms with van der Waals surface area (Å²) in [5, 5.41) is 8.06. The second-order valence-electron chi connectivity index (χ2n) is 6.70. The number of carbonyl (C=O) groups is 1. The van der Waals surface area contributed by atoms with E-state index in [0.717, 1.165) is 35.7 Å². The SMILES string of the molecule is Cc1cc(C)n(CCCNC(=O)c2ccc(COc3ccc(Cl)cc3)cc2)n1. The number of hydrogen-bond acceptors (Lipinski definition) is 3. The van der Waals surface area contributed by atoms with Gasteiger partial charge < -0.3 is 10.1 Å². The zero-order chi connectivity index (χ0) is 19.9. The Kier molecular flexibility index (Phi) is 6.71. The van der Waals surface area contributed by atoms with Crippen LogP contribution in [0.3, 0.4) is 0 Å². The predicted octanol–water partition coefficient (Wildman–Crippen LogP) is 4.55. The summed E-state index contributed by atoms with van der Waals surface area (Å²) in [4.78, 5) is 12.3. The van der Waals surface area contributed by atoms with Crippen molar-refractivity contribution in [2.45, 2.75) is 33.4 Å². The lowest BCUT2D eigenvalue weighted by molar-refractivity contribution is 0.0952. The Bertz CT molecular complexity index is 918. The second kappa shape index (κ2) is 9.42. The highest BCUT2D eigenvalue weighted by Crippen LogP contribution is 2.17. The molecule has 1 N–H and O–H groups in total. The molecule has 0 atom stereocenters. The van der Waals surface area contributed by atoms with Gasteiger partial charge in [-0.1, -0.05) is 23.7 Å². The summed E-state index contributed by atoms with van der Waals surface area (Å²) in [7, 11) is 0. The lowest BCUT2D eigenvalue weighted by Gasteiger charge is -2.09. The smallest absolute Gasteiger partial charge is 0.251 e. The molecule has 0 spiro atoms. The van der Waals surface area contributed by atoms with E-state index in [0.29, 0.717) is 23.7 Å². The van der Waals surface area contributed by atoms with Crippen molar-refractivity contribution < 1.29 is 9.53 Å². The van der Waals surface area contributed by atoms with Gasteiger partial charge in [0.2, 0.25) is 0 Å². The maximum absolute atomic E-state index is 12.3. The van der Waals surface area contributed by atoms with Gasteiger partial charge in [-0.15, -0.1) is 0 Å². The Balaban J connectivity index is 1.42. The minimum atomic E-state index is -0.0708. The number of benzene rings is 2. The standard InChI is InChI=1S/C22H24ClN3O2/c1-16-14-17(2)26(25-16)13-3-12-24-22(27)19-6-4-18(5-7-19)15-28-21-10-8-20(23)9-11-21/h4-11,14H,3,12-13,15H2,1-2H3,(H,24,27). The molecule has 146 valence electrons. The summed E-state index contributed by atoms with van der Waals surface area (Å²) in [6.45, 7) is 5.86. The number of carbonyl (C=O) groups excluding carboxylic acids is 1. The van der Waals surface area contributed by atoms with Gasteiger partial charge in [-0.3, -0.25) is 9.48 Å². The van der Waals surface area contributed by atoms with Crippen LogP contribution in [0.4, 0.5) is 0 Å². The quantitative estimate of drug-likeness (QED) is 0.567. The number of nitrogens with zero attached hydrogens (tertiary/aromatic N) is 2. The normalized spacial score (nSPS) is 10.7. The van der Waals surface area contributed by atoms with E-state index in [1.807, 2.05) is 54.9 Å². The van der Waals surface area contributed by atoms with Crippen LogP contribution in [0.25, 0.3) is 0 Å². The van der Waals surface area contributed by atoms with Crippen LogP contribution in [0.5, 0.6) is 5.75 Å². The van der Waals surface area contributed by atoms with Gasteiger partial charge in [-0.2, -0.15) is 5.10 Å². The minimum Gasteiger partial charge on any atom is -0.489 e. The van der Waals surface area contributed by atoms with Crippen molar-refractivity contribution in [1.29, 1.82) is 0 Å². The molecule has 0 aliphatic heterocycles. The molecule has 0 radical (unpaired) electrons. The van der Waals surface area contributed by atoms with Gasteiger partial charge in [0.05, 0.1) is 5.69 Å². The zero-order valence-corrected chi connectivity index (χ0v) is 16.9. The summed E-state index contributed by atoms with van der Waals surface area (Å²) in [6, 6.07) is 16.7. The molecule has 0 fully saturated rings. The van der Waals surface area contributed by atoms with Gasteiger partial charge >= 0.3 is 0 Å². The number of nitrogens with one attached hydrogen (secondary N) is 1. The van der Waals surface area contributed by atoms with Crippen molar-refractivity contribution in [3.05, 3.63) is 82.1 Å². The molecule has 0 bridgehead atoms. The highest BCUT2D eigenvalue weighted by Gasteiger charge is 2.06. The molecule has 0 aliphatic rings. The van der Waals surface area contributed by atoms with E-state index in [1.165, 1.54) is 0 Å². The molecule has 0 saturated heterocycles. The summed E-state index contributed by atoms with van der Waals surface area (Å²) in [5.41, 5.74) is 3.79. The van der Waals surface area contributed by atoms with Gasteiger partial charge in [-0.05, 0) is 68.3 Å². The molecule has 28 heavy (non-hydrogen) atoms. The minimum absolute atomic E-state index is 0.0708. The first-order chi connectivity index (χ1) is 13.5. The highest BCUT2D eigenvalue weighted by atomic mass is 35.5. The Hall–Kier alpha value is -2.79. The highest BCUT2D eigenvalue weighted by molar-refractivity contribution is 6.30. The Morgan fingerprint density at radius 3 is 2.46 bits per heavy atom. The van der Waals surface area contributed by atoms with Crippen molar-refractivity contribution in [3.63, 3.8) is 0 Å². The van der Waals surface area contributed by atoms with Gasteiger partial charge in [0.1, 0.15) is 12.4 Å². The molecular weight excluding hydrogens is 374 g/mol.